The van der Waals surface area contributed by atoms with Crippen molar-refractivity contribution in [3.05, 3.63) is 0 Å². The van der Waals surface area contributed by atoms with Crippen LogP contribution in [0.5, 0.6) is 0 Å². The van der Waals surface area contributed by atoms with E-state index >= 15 is 0 Å². The van der Waals surface area contributed by atoms with Gasteiger partial charge in [0.05, 0.1) is 12.7 Å². The predicted molar refractivity (Wildman–Crippen MR) is 99.5 cm³/mol. The van der Waals surface area contributed by atoms with Gasteiger partial charge in [-0.15, -0.1) is 0 Å². The number of carbonyl (C=O) groups excluding carboxylic acids is 2. The molecule has 0 radical (unpaired) electrons. The summed E-state index contributed by atoms with van der Waals surface area (Å²) in [6.07, 6.45) is 3.53. The Morgan fingerprint density at radius 2 is 2.00 bits per heavy atom. The Morgan fingerprint density at radius 1 is 1.29 bits per heavy atom. The lowest BCUT2D eigenvalue weighted by molar-refractivity contribution is -0.123. The van der Waals surface area contributed by atoms with Crippen LogP contribution in [0.1, 0.15) is 19.3 Å². The molecule has 1 unspecified atom stereocenters. The fraction of sp³-hybridized carbons (Fsp3) is 0.786. The van der Waals surface area contributed by atoms with E-state index in [1.165, 1.54) is 0 Å². The summed E-state index contributed by atoms with van der Waals surface area (Å²) >= 11 is 1.69. The van der Waals surface area contributed by atoms with E-state index in [9.17, 15) is 9.59 Å². The number of aliphatic imine (C=N–C) groups is 1. The highest BCUT2D eigenvalue weighted by molar-refractivity contribution is 7.98. The van der Waals surface area contributed by atoms with Gasteiger partial charge < -0.3 is 27.8 Å². The number of amides is 2. The molecule has 0 heterocycles. The molecule has 2 amide bonds. The maximum absolute atomic E-state index is 11.9. The SMILES string of the molecule is CSCCNC(=O)CCN(C)CNC(=O)C(N)CCCN=C(N)N. The zero-order valence-electron chi connectivity index (χ0n) is 14.6. The van der Waals surface area contributed by atoms with Gasteiger partial charge in [0.1, 0.15) is 0 Å². The summed E-state index contributed by atoms with van der Waals surface area (Å²) in [5.74, 6) is 0.723. The second-order valence-electron chi connectivity index (χ2n) is 5.43. The molecule has 1 atom stereocenters. The molecule has 0 aromatic carbocycles. The van der Waals surface area contributed by atoms with Gasteiger partial charge in [-0.1, -0.05) is 0 Å². The number of carbonyl (C=O) groups is 2. The number of nitrogens with zero attached hydrogens (tertiary/aromatic N) is 2. The lowest BCUT2D eigenvalue weighted by Crippen LogP contribution is -2.45. The largest absolute Gasteiger partial charge is 0.370 e. The lowest BCUT2D eigenvalue weighted by Gasteiger charge is -2.19. The van der Waals surface area contributed by atoms with Crippen molar-refractivity contribution >= 4 is 29.5 Å². The van der Waals surface area contributed by atoms with Crippen molar-refractivity contribution in [3.8, 4) is 0 Å². The number of hydrogen-bond donors (Lipinski definition) is 5. The number of rotatable bonds is 13. The average molecular weight is 362 g/mol. The Kier molecular flexibility index (Phi) is 13.0. The first-order valence-electron chi connectivity index (χ1n) is 7.89. The van der Waals surface area contributed by atoms with Crippen molar-refractivity contribution in [2.75, 3.05) is 45.4 Å². The van der Waals surface area contributed by atoms with Gasteiger partial charge >= 0.3 is 0 Å². The summed E-state index contributed by atoms with van der Waals surface area (Å²) in [6, 6.07) is -0.595. The Hall–Kier alpha value is -1.52. The van der Waals surface area contributed by atoms with Gasteiger partial charge in [-0.2, -0.15) is 11.8 Å². The normalized spacial score (nSPS) is 11.8. The van der Waals surface area contributed by atoms with Gasteiger partial charge in [0.2, 0.25) is 11.8 Å². The average Bonchev–Trinajstić information content (AvgIpc) is 2.54. The third-order valence-electron chi connectivity index (χ3n) is 3.18. The number of nitrogens with one attached hydrogen (secondary N) is 2. The molecule has 9 nitrogen and oxygen atoms in total. The van der Waals surface area contributed by atoms with Crippen LogP contribution in [0.15, 0.2) is 4.99 Å². The smallest absolute Gasteiger partial charge is 0.237 e. The lowest BCUT2D eigenvalue weighted by atomic mass is 10.1. The molecule has 140 valence electrons. The molecule has 0 rings (SSSR count). The van der Waals surface area contributed by atoms with Gasteiger partial charge in [0, 0.05) is 31.8 Å². The van der Waals surface area contributed by atoms with E-state index in [0.29, 0.717) is 45.6 Å². The summed E-state index contributed by atoms with van der Waals surface area (Å²) in [4.78, 5) is 29.1. The minimum atomic E-state index is -0.595. The molecular formula is C14H31N7O2S. The topological polar surface area (TPSA) is 152 Å². The third-order valence-corrected chi connectivity index (χ3v) is 3.79. The monoisotopic (exact) mass is 361 g/mol. The first-order valence-corrected chi connectivity index (χ1v) is 9.29. The fourth-order valence-electron chi connectivity index (χ4n) is 1.75. The van der Waals surface area contributed by atoms with Crippen LogP contribution in [0.2, 0.25) is 0 Å². The van der Waals surface area contributed by atoms with E-state index in [1.54, 1.807) is 11.8 Å². The Morgan fingerprint density at radius 3 is 2.62 bits per heavy atom. The van der Waals surface area contributed by atoms with E-state index < -0.39 is 6.04 Å². The Bertz CT molecular complexity index is 403. The van der Waals surface area contributed by atoms with Crippen molar-refractivity contribution < 1.29 is 9.59 Å². The Balaban J connectivity index is 3.80. The third kappa shape index (κ3) is 13.0. The van der Waals surface area contributed by atoms with Crippen molar-refractivity contribution in [2.24, 2.45) is 22.2 Å². The molecule has 0 aromatic rings. The van der Waals surface area contributed by atoms with Crippen molar-refractivity contribution in [3.63, 3.8) is 0 Å². The van der Waals surface area contributed by atoms with E-state index in [2.05, 4.69) is 15.6 Å². The van der Waals surface area contributed by atoms with Gasteiger partial charge in [0.25, 0.3) is 0 Å². The molecule has 0 fully saturated rings. The van der Waals surface area contributed by atoms with Crippen LogP contribution in [0.4, 0.5) is 0 Å². The molecule has 0 aromatic heterocycles. The van der Waals surface area contributed by atoms with Crippen molar-refractivity contribution in [1.82, 2.24) is 15.5 Å². The number of nitrogens with two attached hydrogens (primary N) is 3. The van der Waals surface area contributed by atoms with Crippen LogP contribution in [0.3, 0.4) is 0 Å². The number of hydrogen-bond acceptors (Lipinski definition) is 6. The maximum atomic E-state index is 11.9. The summed E-state index contributed by atoms with van der Waals surface area (Å²) < 4.78 is 0. The molecule has 10 heteroatoms. The predicted octanol–water partition coefficient (Wildman–Crippen LogP) is -1.76. The first kappa shape index (κ1) is 22.5. The molecule has 0 aliphatic heterocycles. The summed E-state index contributed by atoms with van der Waals surface area (Å²) in [7, 11) is 1.83. The highest BCUT2D eigenvalue weighted by Gasteiger charge is 2.13. The standard InChI is InChI=1S/C14H31N7O2S/c1-21(8-5-12(22)18-7-9-24-2)10-20-13(23)11(15)4-3-6-19-14(16)17/h11H,3-10,15H2,1-2H3,(H,18,22)(H,20,23)(H4,16,17,19). The van der Waals surface area contributed by atoms with E-state index in [4.69, 9.17) is 17.2 Å². The Labute approximate surface area is 148 Å². The fourth-order valence-corrected chi connectivity index (χ4v) is 2.05. The van der Waals surface area contributed by atoms with Crippen LogP contribution < -0.4 is 27.8 Å². The van der Waals surface area contributed by atoms with E-state index in [1.807, 2.05) is 18.2 Å². The minimum absolute atomic E-state index is 0.0126. The molecule has 0 saturated heterocycles. The highest BCUT2D eigenvalue weighted by Crippen LogP contribution is 1.96. The molecule has 24 heavy (non-hydrogen) atoms. The maximum Gasteiger partial charge on any atom is 0.237 e. The summed E-state index contributed by atoms with van der Waals surface area (Å²) in [5, 5.41) is 5.59. The van der Waals surface area contributed by atoms with Crippen LogP contribution >= 0.6 is 11.8 Å². The van der Waals surface area contributed by atoms with Gasteiger partial charge in [-0.3, -0.25) is 19.5 Å². The zero-order chi connectivity index (χ0) is 18.4. The van der Waals surface area contributed by atoms with Crippen molar-refractivity contribution in [1.29, 1.82) is 0 Å². The minimum Gasteiger partial charge on any atom is -0.370 e. The second kappa shape index (κ2) is 13.9. The molecule has 0 saturated carbocycles. The summed E-state index contributed by atoms with van der Waals surface area (Å²) in [5.41, 5.74) is 16.2. The molecule has 8 N–H and O–H groups in total. The quantitative estimate of drug-likeness (QED) is 0.113. The molecule has 0 aliphatic carbocycles. The molecule has 0 spiro atoms. The first-order chi connectivity index (χ1) is 11.4. The van der Waals surface area contributed by atoms with Gasteiger partial charge in [-0.25, -0.2) is 0 Å². The van der Waals surface area contributed by atoms with E-state index in [-0.39, 0.29) is 17.8 Å². The van der Waals surface area contributed by atoms with Crippen LogP contribution in [0, 0.1) is 0 Å². The van der Waals surface area contributed by atoms with Crippen molar-refractivity contribution in [2.45, 2.75) is 25.3 Å². The van der Waals surface area contributed by atoms with E-state index in [0.717, 1.165) is 5.75 Å². The van der Waals surface area contributed by atoms with Crippen LogP contribution in [0.25, 0.3) is 0 Å². The number of guanidine groups is 1. The summed E-state index contributed by atoms with van der Waals surface area (Å²) in [6.45, 7) is 2.04. The number of thioether (sulfide) groups is 1. The molecular weight excluding hydrogens is 330 g/mol. The highest BCUT2D eigenvalue weighted by atomic mass is 32.2. The second-order valence-corrected chi connectivity index (χ2v) is 6.41. The van der Waals surface area contributed by atoms with Crippen LogP contribution in [-0.2, 0) is 9.59 Å². The van der Waals surface area contributed by atoms with Crippen LogP contribution in [-0.4, -0.2) is 74.1 Å². The molecule has 0 aliphatic rings. The van der Waals surface area contributed by atoms with Gasteiger partial charge in [-0.05, 0) is 26.1 Å². The zero-order valence-corrected chi connectivity index (χ0v) is 15.4. The van der Waals surface area contributed by atoms with Gasteiger partial charge in [0.15, 0.2) is 5.96 Å². The molecule has 0 bridgehead atoms.